The maximum absolute atomic E-state index is 12.1. The third-order valence-corrected chi connectivity index (χ3v) is 26.7. The number of carbonyl (C=O) groups is 4. The fourth-order valence-electron chi connectivity index (χ4n) is 15.7. The molecule has 1 N–H and O–H groups in total. The van der Waals surface area contributed by atoms with E-state index in [0.717, 1.165) is 198 Å². The number of hydrogen-bond acceptors (Lipinski definition) is 18. The van der Waals surface area contributed by atoms with Gasteiger partial charge in [0.2, 0.25) is 0 Å². The Bertz CT molecular complexity index is 4050. The van der Waals surface area contributed by atoms with Crippen LogP contribution in [0.3, 0.4) is 0 Å². The quantitative estimate of drug-likeness (QED) is 0.0358. The number of aliphatic hydroxyl groups excluding tert-OH is 1. The second-order valence-electron chi connectivity index (χ2n) is 32.1. The summed E-state index contributed by atoms with van der Waals surface area (Å²) >= 11 is 6.11. The molecule has 0 saturated heterocycles. The highest BCUT2D eigenvalue weighted by Gasteiger charge is 2.29. The Labute approximate surface area is 718 Å². The van der Waals surface area contributed by atoms with Gasteiger partial charge in [-0.3, -0.25) is 19.2 Å². The van der Waals surface area contributed by atoms with Crippen LogP contribution < -0.4 is 24.3 Å². The van der Waals surface area contributed by atoms with Crippen molar-refractivity contribution in [2.24, 2.45) is 23.7 Å². The van der Waals surface area contributed by atoms with E-state index in [9.17, 15) is 24.3 Å². The predicted octanol–water partition coefficient (Wildman–Crippen LogP) is 27.8. The van der Waals surface area contributed by atoms with Crippen molar-refractivity contribution in [3.05, 3.63) is 130 Å². The van der Waals surface area contributed by atoms with E-state index in [0.29, 0.717) is 51.1 Å². The maximum Gasteiger partial charge on any atom is 0.186 e. The lowest BCUT2D eigenvalue weighted by Gasteiger charge is -2.30. The zero-order valence-electron chi connectivity index (χ0n) is 75.4. The van der Waals surface area contributed by atoms with Gasteiger partial charge in [-0.1, -0.05) is 297 Å². The van der Waals surface area contributed by atoms with Gasteiger partial charge in [0.15, 0.2) is 45.7 Å². The van der Waals surface area contributed by atoms with Gasteiger partial charge < -0.3 is 29.4 Å². The molecule has 0 saturated carbocycles. The molecule has 4 aromatic carbocycles. The molecule has 0 bridgehead atoms. The van der Waals surface area contributed by atoms with Gasteiger partial charge in [0, 0.05) is 74.6 Å². The average molecular weight is 1660 g/mol. The summed E-state index contributed by atoms with van der Waals surface area (Å²) in [6.45, 7) is 52.0. The summed E-state index contributed by atoms with van der Waals surface area (Å²) in [7, 11) is 1.59. The van der Waals surface area contributed by atoms with Gasteiger partial charge in [-0.15, -0.1) is 0 Å². The number of methoxy groups -OCH3 is 1. The normalized spacial score (nSPS) is 12.2. The van der Waals surface area contributed by atoms with Crippen LogP contribution in [0.2, 0.25) is 0 Å². The van der Waals surface area contributed by atoms with Gasteiger partial charge in [-0.05, 0) is 175 Å². The molecule has 0 spiro atoms. The first-order chi connectivity index (χ1) is 56.1. The van der Waals surface area contributed by atoms with Gasteiger partial charge >= 0.3 is 0 Å². The summed E-state index contributed by atoms with van der Waals surface area (Å²) in [5.74, 6) is 3.30. The highest BCUT2D eigenvalue weighted by Crippen LogP contribution is 2.43. The molecule has 0 radical (unpaired) electrons. The number of thiazole rings is 4. The van der Waals surface area contributed by atoms with Gasteiger partial charge in [0.05, 0.1) is 56.0 Å². The van der Waals surface area contributed by atoms with Crippen LogP contribution in [0.25, 0.3) is 45.0 Å². The number of aryl methyl sites for hydroxylation is 8. The van der Waals surface area contributed by atoms with Crippen molar-refractivity contribution in [2.75, 3.05) is 79.1 Å². The first kappa shape index (κ1) is 99.6. The van der Waals surface area contributed by atoms with Crippen LogP contribution in [0.5, 0.6) is 5.75 Å². The highest BCUT2D eigenvalue weighted by atomic mass is 32.1. The largest absolute Gasteiger partial charge is 0.496 e. The van der Waals surface area contributed by atoms with E-state index >= 15 is 0 Å². The second kappa shape index (κ2) is 54.3. The van der Waals surface area contributed by atoms with E-state index in [-0.39, 0.29) is 6.61 Å². The molecule has 0 amide bonds. The number of aromatic nitrogens is 4. The molecule has 14 nitrogen and oxygen atoms in total. The van der Waals surface area contributed by atoms with Gasteiger partial charge in [0.1, 0.15) is 5.75 Å². The topological polar surface area (TPSA) is 162 Å². The number of carbonyl (C=O) groups excluding carboxylic acids is 4. The van der Waals surface area contributed by atoms with Crippen LogP contribution in [0, 0.1) is 79.1 Å². The zero-order valence-corrected chi connectivity index (χ0v) is 78.7. The molecular weight excluding hydrogens is 1510 g/mol. The van der Waals surface area contributed by atoms with Crippen molar-refractivity contribution in [3.8, 4) is 50.8 Å². The molecule has 116 heavy (non-hydrogen) atoms. The second-order valence-corrected chi connectivity index (χ2v) is 36.2. The van der Waals surface area contributed by atoms with E-state index in [4.69, 9.17) is 24.7 Å². The Kier molecular flexibility index (Phi) is 46.6. The third kappa shape index (κ3) is 29.8. The third-order valence-electron chi connectivity index (χ3n) is 22.6. The molecule has 8 rings (SSSR count). The number of rotatable bonds is 50. The molecule has 0 aliphatic rings. The van der Waals surface area contributed by atoms with Crippen LogP contribution in [0.15, 0.2) is 60.7 Å². The van der Waals surface area contributed by atoms with Crippen LogP contribution in [0.1, 0.15) is 326 Å². The molecule has 18 heteroatoms. The number of anilines is 4. The summed E-state index contributed by atoms with van der Waals surface area (Å²) in [6.07, 6.45) is 32.8. The standard InChI is InChI=1S/C29H46N2OS.C28H44N2OS.C21H30N2OS.C20H28N2O3S/c1-8-12-14-24(10-3)18-31(19-25(11-4)15-13-9-2)29-30-28(26(20-32)33-29)27-22(6)16-21(5)17-23(27)7;1-7-11-16-23(9-3)18-30(19-24(10-4)17-12-8-2)28-29-27(25(20-31)32-28)26-21(5)14-13-15-22(26)6;1-6-8-10-23(11-9-7-2)21-22-20(18(14-24)25-21)19-16(4)12-15(3)13-17(19)5;1-4-6-11-22(12-7-5-2)20-21-19(17(14-24)26-20)18-15(13-23)9-8-10-16(18)25-3/h16-17,20,24-25H,8-15,18-19H2,1-7H3;13-15,20,23-24H,7-12,16-19H2,1-6H3;12-14H,6-11H2,1-5H3;8-10,14,23H,4-7,11-13H2,1-3H3. The Hall–Kier alpha value is -6.96. The number of aldehydes is 4. The Balaban J connectivity index is 0.000000278. The first-order valence-corrected chi connectivity index (χ1v) is 47.7. The molecule has 8 aromatic rings. The molecule has 4 atom stereocenters. The molecule has 4 aromatic heterocycles. The van der Waals surface area contributed by atoms with E-state index < -0.39 is 0 Å². The minimum atomic E-state index is -0.132. The van der Waals surface area contributed by atoms with Crippen molar-refractivity contribution in [3.63, 3.8) is 0 Å². The summed E-state index contributed by atoms with van der Waals surface area (Å²) in [6, 6.07) is 20.5. The maximum atomic E-state index is 12.1. The number of ether oxygens (including phenoxy) is 1. The van der Waals surface area contributed by atoms with Gasteiger partial charge in [-0.25, -0.2) is 19.9 Å². The predicted molar refractivity (Wildman–Crippen MR) is 504 cm³/mol. The fraction of sp³-hybridized carbons (Fsp3) is 0.592. The summed E-state index contributed by atoms with van der Waals surface area (Å²) in [5.41, 5.74) is 17.6. The smallest absolute Gasteiger partial charge is 0.186 e. The highest BCUT2D eigenvalue weighted by molar-refractivity contribution is 7.18. The number of nitrogens with zero attached hydrogens (tertiary/aromatic N) is 8. The van der Waals surface area contributed by atoms with E-state index in [1.54, 1.807) is 29.8 Å². The van der Waals surface area contributed by atoms with Crippen LogP contribution >= 0.6 is 45.3 Å². The minimum Gasteiger partial charge on any atom is -0.496 e. The number of unbranched alkanes of at least 4 members (excludes halogenated alkanes) is 8. The van der Waals surface area contributed by atoms with Gasteiger partial charge in [-0.2, -0.15) is 0 Å². The van der Waals surface area contributed by atoms with Crippen molar-refractivity contribution in [1.29, 1.82) is 0 Å². The number of aliphatic hydroxyl groups is 1. The molecule has 4 heterocycles. The first-order valence-electron chi connectivity index (χ1n) is 44.4. The van der Waals surface area contributed by atoms with Crippen LogP contribution in [-0.2, 0) is 6.61 Å². The lowest BCUT2D eigenvalue weighted by atomic mass is 9.96. The number of benzene rings is 4. The molecule has 0 fully saturated rings. The molecule has 640 valence electrons. The van der Waals surface area contributed by atoms with Gasteiger partial charge in [0.25, 0.3) is 0 Å². The summed E-state index contributed by atoms with van der Waals surface area (Å²) in [4.78, 5) is 80.1. The lowest BCUT2D eigenvalue weighted by Crippen LogP contribution is -2.34. The van der Waals surface area contributed by atoms with E-state index in [1.165, 1.54) is 170 Å². The summed E-state index contributed by atoms with van der Waals surface area (Å²) in [5, 5.41) is 13.6. The molecule has 4 unspecified atom stereocenters. The zero-order chi connectivity index (χ0) is 85.2. The molecule has 0 aliphatic heterocycles. The summed E-state index contributed by atoms with van der Waals surface area (Å²) < 4.78 is 5.47. The Morgan fingerprint density at radius 3 is 0.862 bits per heavy atom. The lowest BCUT2D eigenvalue weighted by molar-refractivity contribution is 0.111. The average Bonchev–Trinajstić information content (AvgIpc) is 1.63. The van der Waals surface area contributed by atoms with Crippen LogP contribution in [0.4, 0.5) is 20.5 Å². The Morgan fingerprint density at radius 2 is 0.612 bits per heavy atom. The minimum absolute atomic E-state index is 0.132. The SMILES string of the molecule is CCCCC(CC)CN(CC(CC)CCCC)c1nc(-c2c(C)cc(C)cc2C)c(C=O)s1.CCCCC(CC)CN(CC(CC)CCCC)c1nc(-c2c(C)cccc2C)c(C=O)s1.CCCCN(CCCC)c1nc(-c2c(C)cc(C)cc2C)c(C=O)s1.CCCCN(CCCC)c1nc(-c2c(CO)cccc2OC)c(C=O)s1. The van der Waals surface area contributed by atoms with Crippen molar-refractivity contribution in [2.45, 2.75) is 299 Å². The van der Waals surface area contributed by atoms with E-state index in [2.05, 4.69) is 201 Å². The van der Waals surface area contributed by atoms with Crippen LogP contribution in [-0.4, -0.2) is 110 Å². The number of hydrogen-bond donors (Lipinski definition) is 1. The van der Waals surface area contributed by atoms with Crippen molar-refractivity contribution in [1.82, 2.24) is 19.9 Å². The Morgan fingerprint density at radius 1 is 0.353 bits per heavy atom. The monoisotopic (exact) mass is 1660 g/mol. The fourth-order valence-corrected chi connectivity index (χ4v) is 19.4. The molecular formula is C98H148N8O6S4. The molecule has 0 aliphatic carbocycles. The van der Waals surface area contributed by atoms with Crippen molar-refractivity contribution >= 4 is 91.0 Å². The van der Waals surface area contributed by atoms with E-state index in [1.807, 2.05) is 18.2 Å². The van der Waals surface area contributed by atoms with Crippen molar-refractivity contribution < 1.29 is 29.0 Å².